The number of rotatable bonds is 8. The van der Waals surface area contributed by atoms with Crippen molar-refractivity contribution < 1.29 is 14.2 Å². The quantitative estimate of drug-likeness (QED) is 0.592. The van der Waals surface area contributed by atoms with Crippen molar-refractivity contribution in [2.24, 2.45) is 0 Å². The van der Waals surface area contributed by atoms with Crippen molar-refractivity contribution >= 4 is 11.4 Å². The largest absolute Gasteiger partial charge is 0.496 e. The summed E-state index contributed by atoms with van der Waals surface area (Å²) in [5.41, 5.74) is 2.92. The summed E-state index contributed by atoms with van der Waals surface area (Å²) < 4.78 is 17.1. The molecule has 0 heterocycles. The molecule has 2 N–H and O–H groups in total. The second-order valence-electron chi connectivity index (χ2n) is 5.96. The highest BCUT2D eigenvalue weighted by Gasteiger charge is 2.13. The van der Waals surface area contributed by atoms with Gasteiger partial charge in [0, 0.05) is 36.1 Å². The van der Waals surface area contributed by atoms with Crippen molar-refractivity contribution in [1.82, 2.24) is 5.32 Å². The zero-order chi connectivity index (χ0) is 19.1. The van der Waals surface area contributed by atoms with Crippen molar-refractivity contribution in [2.45, 2.75) is 6.54 Å². The van der Waals surface area contributed by atoms with Crippen LogP contribution in [0, 0.1) is 0 Å². The SMILES string of the molecule is CNCc1c(OC)cc(Oc2cccc(Nc3ccccc3)c2)cc1OC. The smallest absolute Gasteiger partial charge is 0.134 e. The van der Waals surface area contributed by atoms with Crippen molar-refractivity contribution in [3.63, 3.8) is 0 Å². The highest BCUT2D eigenvalue weighted by molar-refractivity contribution is 5.61. The molecule has 5 nitrogen and oxygen atoms in total. The minimum atomic E-state index is 0.642. The molecule has 0 aliphatic carbocycles. The maximum Gasteiger partial charge on any atom is 0.134 e. The fourth-order valence-corrected chi connectivity index (χ4v) is 2.83. The topological polar surface area (TPSA) is 51.8 Å². The first-order chi connectivity index (χ1) is 13.2. The molecule has 3 rings (SSSR count). The third-order valence-corrected chi connectivity index (χ3v) is 4.07. The first-order valence-electron chi connectivity index (χ1n) is 8.73. The lowest BCUT2D eigenvalue weighted by atomic mass is 10.1. The molecule has 0 amide bonds. The molecule has 0 saturated heterocycles. The van der Waals surface area contributed by atoms with Crippen molar-refractivity contribution in [2.75, 3.05) is 26.6 Å². The molecule has 3 aromatic carbocycles. The molecule has 0 bridgehead atoms. The highest BCUT2D eigenvalue weighted by Crippen LogP contribution is 2.36. The van der Waals surface area contributed by atoms with E-state index in [0.717, 1.165) is 34.2 Å². The van der Waals surface area contributed by atoms with E-state index >= 15 is 0 Å². The normalized spacial score (nSPS) is 10.3. The summed E-state index contributed by atoms with van der Waals surface area (Å²) in [4.78, 5) is 0. The predicted octanol–water partition coefficient (Wildman–Crippen LogP) is 4.96. The molecule has 0 fully saturated rings. The van der Waals surface area contributed by atoms with Gasteiger partial charge in [-0.05, 0) is 31.3 Å². The first kappa shape index (κ1) is 18.6. The number of hydrogen-bond acceptors (Lipinski definition) is 5. The van der Waals surface area contributed by atoms with Crippen LogP contribution in [0.5, 0.6) is 23.0 Å². The van der Waals surface area contributed by atoms with Crippen LogP contribution in [-0.2, 0) is 6.54 Å². The molecule has 0 saturated carbocycles. The summed E-state index contributed by atoms with van der Waals surface area (Å²) in [6, 6.07) is 21.6. The predicted molar refractivity (Wildman–Crippen MR) is 109 cm³/mol. The van der Waals surface area contributed by atoms with Crippen LogP contribution in [0.15, 0.2) is 66.7 Å². The van der Waals surface area contributed by atoms with Crippen LogP contribution in [0.4, 0.5) is 11.4 Å². The highest BCUT2D eigenvalue weighted by atomic mass is 16.5. The van der Waals surface area contributed by atoms with Gasteiger partial charge in [0.2, 0.25) is 0 Å². The summed E-state index contributed by atoms with van der Waals surface area (Å²) in [6.07, 6.45) is 0. The van der Waals surface area contributed by atoms with E-state index in [4.69, 9.17) is 14.2 Å². The zero-order valence-electron chi connectivity index (χ0n) is 15.8. The van der Waals surface area contributed by atoms with Crippen LogP contribution in [0.25, 0.3) is 0 Å². The maximum absolute atomic E-state index is 6.05. The molecule has 0 spiro atoms. The van der Waals surface area contributed by atoms with E-state index in [1.54, 1.807) is 14.2 Å². The van der Waals surface area contributed by atoms with E-state index in [-0.39, 0.29) is 0 Å². The summed E-state index contributed by atoms with van der Waals surface area (Å²) in [5, 5.41) is 6.49. The van der Waals surface area contributed by atoms with Crippen LogP contribution in [0.2, 0.25) is 0 Å². The van der Waals surface area contributed by atoms with Gasteiger partial charge in [-0.15, -0.1) is 0 Å². The molecule has 140 valence electrons. The summed E-state index contributed by atoms with van der Waals surface area (Å²) in [7, 11) is 5.17. The summed E-state index contributed by atoms with van der Waals surface area (Å²) in [6.45, 7) is 0.642. The minimum Gasteiger partial charge on any atom is -0.496 e. The Hall–Kier alpha value is -3.18. The molecule has 0 aromatic heterocycles. The molecule has 0 radical (unpaired) electrons. The van der Waals surface area contributed by atoms with Crippen LogP contribution in [-0.4, -0.2) is 21.3 Å². The molecule has 27 heavy (non-hydrogen) atoms. The molecular formula is C22H24N2O3. The van der Waals surface area contributed by atoms with Gasteiger partial charge in [0.25, 0.3) is 0 Å². The first-order valence-corrected chi connectivity index (χ1v) is 8.73. The Bertz CT molecular complexity index is 857. The number of benzene rings is 3. The van der Waals surface area contributed by atoms with Crippen LogP contribution in [0.1, 0.15) is 5.56 Å². The van der Waals surface area contributed by atoms with Crippen molar-refractivity contribution in [3.05, 3.63) is 72.3 Å². The number of ether oxygens (including phenoxy) is 3. The number of methoxy groups -OCH3 is 2. The number of nitrogens with one attached hydrogen (secondary N) is 2. The molecule has 3 aromatic rings. The van der Waals surface area contributed by atoms with Gasteiger partial charge in [0.1, 0.15) is 23.0 Å². The van der Waals surface area contributed by atoms with E-state index < -0.39 is 0 Å². The van der Waals surface area contributed by atoms with Crippen LogP contribution < -0.4 is 24.8 Å². The Kier molecular flexibility index (Phi) is 6.18. The van der Waals surface area contributed by atoms with Crippen LogP contribution in [0.3, 0.4) is 0 Å². The lowest BCUT2D eigenvalue weighted by Crippen LogP contribution is -2.08. The Labute approximate surface area is 159 Å². The average Bonchev–Trinajstić information content (AvgIpc) is 2.70. The van der Waals surface area contributed by atoms with E-state index in [1.807, 2.05) is 73.8 Å². The van der Waals surface area contributed by atoms with Gasteiger partial charge in [0.05, 0.1) is 19.8 Å². The fourth-order valence-electron chi connectivity index (χ4n) is 2.83. The lowest BCUT2D eigenvalue weighted by molar-refractivity contribution is 0.376. The van der Waals surface area contributed by atoms with Gasteiger partial charge >= 0.3 is 0 Å². The standard InChI is InChI=1S/C22H24N2O3/c1-23-15-20-21(25-2)13-19(14-22(20)26-3)27-18-11-7-10-17(12-18)24-16-8-5-4-6-9-16/h4-14,23-24H,15H2,1-3H3. The average molecular weight is 364 g/mol. The molecule has 5 heteroatoms. The van der Waals surface area contributed by atoms with Gasteiger partial charge in [-0.3, -0.25) is 0 Å². The lowest BCUT2D eigenvalue weighted by Gasteiger charge is -2.16. The van der Waals surface area contributed by atoms with Gasteiger partial charge in [-0.1, -0.05) is 24.3 Å². The Morgan fingerprint density at radius 2 is 1.41 bits per heavy atom. The van der Waals surface area contributed by atoms with Gasteiger partial charge in [-0.2, -0.15) is 0 Å². The van der Waals surface area contributed by atoms with E-state index in [0.29, 0.717) is 12.3 Å². The van der Waals surface area contributed by atoms with Crippen LogP contribution >= 0.6 is 0 Å². The second-order valence-corrected chi connectivity index (χ2v) is 5.96. The van der Waals surface area contributed by atoms with Crippen molar-refractivity contribution in [1.29, 1.82) is 0 Å². The number of anilines is 2. The van der Waals surface area contributed by atoms with Gasteiger partial charge in [0.15, 0.2) is 0 Å². The van der Waals surface area contributed by atoms with Gasteiger partial charge in [-0.25, -0.2) is 0 Å². The molecule has 0 unspecified atom stereocenters. The molecular weight excluding hydrogens is 340 g/mol. The minimum absolute atomic E-state index is 0.642. The summed E-state index contributed by atoms with van der Waals surface area (Å²) in [5.74, 6) is 2.82. The zero-order valence-corrected chi connectivity index (χ0v) is 15.8. The van der Waals surface area contributed by atoms with Crippen molar-refractivity contribution in [3.8, 4) is 23.0 Å². The van der Waals surface area contributed by atoms with Gasteiger partial charge < -0.3 is 24.8 Å². The molecule has 0 aliphatic heterocycles. The third-order valence-electron chi connectivity index (χ3n) is 4.07. The summed E-state index contributed by atoms with van der Waals surface area (Å²) >= 11 is 0. The molecule has 0 aliphatic rings. The Morgan fingerprint density at radius 3 is 2.04 bits per heavy atom. The monoisotopic (exact) mass is 364 g/mol. The van der Waals surface area contributed by atoms with E-state index in [2.05, 4.69) is 10.6 Å². The maximum atomic E-state index is 6.05. The van der Waals surface area contributed by atoms with E-state index in [9.17, 15) is 0 Å². The molecule has 0 atom stereocenters. The Balaban J connectivity index is 1.83. The second kappa shape index (κ2) is 8.96. The van der Waals surface area contributed by atoms with E-state index in [1.165, 1.54) is 0 Å². The fraction of sp³-hybridized carbons (Fsp3) is 0.182. The third kappa shape index (κ3) is 4.71. The number of para-hydroxylation sites is 1. The Morgan fingerprint density at radius 1 is 0.741 bits per heavy atom. The number of hydrogen-bond donors (Lipinski definition) is 2.